The van der Waals surface area contributed by atoms with Crippen molar-refractivity contribution in [3.05, 3.63) is 34.9 Å². The molecule has 0 heterocycles. The average Bonchev–Trinajstić information content (AvgIpc) is 2.15. The molecule has 82 valence electrons. The van der Waals surface area contributed by atoms with Gasteiger partial charge in [-0.05, 0) is 17.7 Å². The maximum absolute atomic E-state index is 12.2. The Morgan fingerprint density at radius 3 is 2.20 bits per heavy atom. The Labute approximate surface area is 89.0 Å². The maximum atomic E-state index is 12.2. The molecule has 0 spiro atoms. The Kier molecular flexibility index (Phi) is 3.57. The summed E-state index contributed by atoms with van der Waals surface area (Å²) in [4.78, 5) is 0. The molecule has 6 heteroatoms. The van der Waals surface area contributed by atoms with Gasteiger partial charge in [0.15, 0.2) is 5.71 Å². The highest BCUT2D eigenvalue weighted by molar-refractivity contribution is 6.30. The van der Waals surface area contributed by atoms with E-state index in [0.29, 0.717) is 10.6 Å². The first-order valence-electron chi connectivity index (χ1n) is 3.96. The molecule has 1 N–H and O–H groups in total. The van der Waals surface area contributed by atoms with Crippen LogP contribution in [0.4, 0.5) is 13.2 Å². The van der Waals surface area contributed by atoms with Gasteiger partial charge in [-0.1, -0.05) is 28.9 Å². The van der Waals surface area contributed by atoms with Gasteiger partial charge in [0.1, 0.15) is 0 Å². The molecular formula is C9H7ClF3NO. The van der Waals surface area contributed by atoms with Crippen molar-refractivity contribution in [3.63, 3.8) is 0 Å². The highest BCUT2D eigenvalue weighted by Crippen LogP contribution is 2.20. The van der Waals surface area contributed by atoms with Crippen molar-refractivity contribution in [1.82, 2.24) is 0 Å². The molecule has 15 heavy (non-hydrogen) atoms. The predicted molar refractivity (Wildman–Crippen MR) is 50.4 cm³/mol. The van der Waals surface area contributed by atoms with Gasteiger partial charge in [0.2, 0.25) is 0 Å². The third kappa shape index (κ3) is 3.43. The van der Waals surface area contributed by atoms with Crippen molar-refractivity contribution < 1.29 is 18.4 Å². The molecule has 1 aromatic rings. The summed E-state index contributed by atoms with van der Waals surface area (Å²) in [7, 11) is 0. The predicted octanol–water partition coefficient (Wildman–Crippen LogP) is 3.28. The van der Waals surface area contributed by atoms with E-state index in [1.54, 1.807) is 0 Å². The number of hydrogen-bond donors (Lipinski definition) is 1. The van der Waals surface area contributed by atoms with Crippen LogP contribution in [0.15, 0.2) is 29.4 Å². The smallest absolute Gasteiger partial charge is 0.411 e. The van der Waals surface area contributed by atoms with Gasteiger partial charge in [-0.2, -0.15) is 13.2 Å². The van der Waals surface area contributed by atoms with Crippen LogP contribution in [-0.2, 0) is 6.42 Å². The molecule has 0 atom stereocenters. The average molecular weight is 238 g/mol. The summed E-state index contributed by atoms with van der Waals surface area (Å²) in [6.07, 6.45) is -5.09. The summed E-state index contributed by atoms with van der Waals surface area (Å²) in [5.41, 5.74) is -0.852. The number of halogens is 4. The van der Waals surface area contributed by atoms with Crippen molar-refractivity contribution >= 4 is 17.3 Å². The van der Waals surface area contributed by atoms with E-state index in [1.165, 1.54) is 24.3 Å². The molecule has 0 radical (unpaired) electrons. The van der Waals surface area contributed by atoms with Gasteiger partial charge in [-0.25, -0.2) is 0 Å². The van der Waals surface area contributed by atoms with E-state index in [1.807, 2.05) is 0 Å². The second-order valence-corrected chi connectivity index (χ2v) is 3.28. The van der Waals surface area contributed by atoms with Gasteiger partial charge in [-0.3, -0.25) is 0 Å². The standard InChI is InChI=1S/C9H7ClF3NO/c10-7-3-1-6(2-4-7)5-8(14-15)9(11,12)13/h1-4,15H,5H2/b14-8+. The molecule has 1 aromatic carbocycles. The van der Waals surface area contributed by atoms with Crippen LogP contribution in [-0.4, -0.2) is 17.1 Å². The second kappa shape index (κ2) is 4.53. The first kappa shape index (κ1) is 11.8. The largest absolute Gasteiger partial charge is 0.433 e. The summed E-state index contributed by atoms with van der Waals surface area (Å²) in [5.74, 6) is 0. The van der Waals surface area contributed by atoms with E-state index < -0.39 is 18.3 Å². The van der Waals surface area contributed by atoms with Gasteiger partial charge in [0.05, 0.1) is 0 Å². The Balaban J connectivity index is 2.81. The van der Waals surface area contributed by atoms with Crippen molar-refractivity contribution in [2.75, 3.05) is 0 Å². The highest BCUT2D eigenvalue weighted by Gasteiger charge is 2.36. The van der Waals surface area contributed by atoms with E-state index >= 15 is 0 Å². The molecule has 1 rings (SSSR count). The summed E-state index contributed by atoms with van der Waals surface area (Å²) in [6.45, 7) is 0. The molecule has 0 unspecified atom stereocenters. The van der Waals surface area contributed by atoms with Gasteiger partial charge in [0, 0.05) is 11.4 Å². The second-order valence-electron chi connectivity index (χ2n) is 2.85. The van der Waals surface area contributed by atoms with Crippen LogP contribution in [0.2, 0.25) is 5.02 Å². The minimum atomic E-state index is -4.62. The van der Waals surface area contributed by atoms with Crippen molar-refractivity contribution in [1.29, 1.82) is 0 Å². The van der Waals surface area contributed by atoms with Gasteiger partial charge < -0.3 is 5.21 Å². The minimum absolute atomic E-state index is 0.379. The fourth-order valence-electron chi connectivity index (χ4n) is 0.988. The van der Waals surface area contributed by atoms with E-state index in [4.69, 9.17) is 16.8 Å². The van der Waals surface area contributed by atoms with E-state index in [2.05, 4.69) is 5.16 Å². The fraction of sp³-hybridized carbons (Fsp3) is 0.222. The molecule has 0 saturated carbocycles. The number of nitrogens with zero attached hydrogens (tertiary/aromatic N) is 1. The molecule has 0 bridgehead atoms. The van der Waals surface area contributed by atoms with Crippen LogP contribution in [0.1, 0.15) is 5.56 Å². The lowest BCUT2D eigenvalue weighted by Gasteiger charge is -2.08. The molecule has 0 aliphatic rings. The summed E-state index contributed by atoms with van der Waals surface area (Å²) < 4.78 is 36.5. The lowest BCUT2D eigenvalue weighted by Crippen LogP contribution is -2.25. The van der Waals surface area contributed by atoms with E-state index in [-0.39, 0.29) is 0 Å². The van der Waals surface area contributed by atoms with Gasteiger partial charge in [-0.15, -0.1) is 0 Å². The zero-order valence-electron chi connectivity index (χ0n) is 7.42. The lowest BCUT2D eigenvalue weighted by molar-refractivity contribution is -0.0622. The molecule has 0 fully saturated rings. The third-order valence-corrected chi connectivity index (χ3v) is 1.98. The Morgan fingerprint density at radius 2 is 1.80 bits per heavy atom. The van der Waals surface area contributed by atoms with Crippen LogP contribution < -0.4 is 0 Å². The molecule has 0 aliphatic carbocycles. The zero-order valence-corrected chi connectivity index (χ0v) is 8.18. The van der Waals surface area contributed by atoms with Crippen LogP contribution in [0.3, 0.4) is 0 Å². The summed E-state index contributed by atoms with van der Waals surface area (Å²) in [5, 5.41) is 10.9. The highest BCUT2D eigenvalue weighted by atomic mass is 35.5. The first-order valence-corrected chi connectivity index (χ1v) is 4.34. The number of rotatable bonds is 2. The van der Waals surface area contributed by atoms with Crippen LogP contribution in [0, 0.1) is 0 Å². The normalized spacial score (nSPS) is 12.9. The van der Waals surface area contributed by atoms with Gasteiger partial charge in [0.25, 0.3) is 0 Å². The lowest BCUT2D eigenvalue weighted by atomic mass is 10.1. The van der Waals surface area contributed by atoms with E-state index in [9.17, 15) is 13.2 Å². The first-order chi connectivity index (χ1) is 6.93. The number of oxime groups is 1. The minimum Gasteiger partial charge on any atom is -0.411 e. The molecule has 0 saturated heterocycles. The fourth-order valence-corrected chi connectivity index (χ4v) is 1.11. The number of hydrogen-bond acceptors (Lipinski definition) is 2. The number of benzene rings is 1. The molecular weight excluding hydrogens is 231 g/mol. The van der Waals surface area contributed by atoms with Crippen LogP contribution in [0.5, 0.6) is 0 Å². The topological polar surface area (TPSA) is 32.6 Å². The van der Waals surface area contributed by atoms with Gasteiger partial charge >= 0.3 is 6.18 Å². The van der Waals surface area contributed by atoms with Crippen LogP contribution in [0.25, 0.3) is 0 Å². The molecule has 0 aromatic heterocycles. The van der Waals surface area contributed by atoms with Crippen molar-refractivity contribution in [2.24, 2.45) is 5.16 Å². The molecule has 0 aliphatic heterocycles. The van der Waals surface area contributed by atoms with Crippen LogP contribution >= 0.6 is 11.6 Å². The number of alkyl halides is 3. The quantitative estimate of drug-likeness (QED) is 0.478. The Morgan fingerprint density at radius 1 is 1.27 bits per heavy atom. The summed E-state index contributed by atoms with van der Waals surface area (Å²) >= 11 is 5.57. The Hall–Kier alpha value is -1.23. The monoisotopic (exact) mass is 237 g/mol. The molecule has 2 nitrogen and oxygen atoms in total. The van der Waals surface area contributed by atoms with Crippen molar-refractivity contribution in [2.45, 2.75) is 12.6 Å². The maximum Gasteiger partial charge on any atom is 0.433 e. The summed E-state index contributed by atoms with van der Waals surface area (Å²) in [6, 6.07) is 5.84. The van der Waals surface area contributed by atoms with E-state index in [0.717, 1.165) is 0 Å². The zero-order chi connectivity index (χ0) is 11.5. The SMILES string of the molecule is O/N=C(\Cc1ccc(Cl)cc1)C(F)(F)F. The Bertz CT molecular complexity index is 359. The van der Waals surface area contributed by atoms with Crippen molar-refractivity contribution in [3.8, 4) is 0 Å². The third-order valence-electron chi connectivity index (χ3n) is 1.73. The molecule has 0 amide bonds.